The Balaban J connectivity index is 3.79. The van der Waals surface area contributed by atoms with Crippen molar-refractivity contribution < 1.29 is 19.1 Å². The summed E-state index contributed by atoms with van der Waals surface area (Å²) in [6.45, 7) is 1.82. The van der Waals surface area contributed by atoms with Gasteiger partial charge in [-0.25, -0.2) is 0 Å². The van der Waals surface area contributed by atoms with Crippen molar-refractivity contribution in [2.24, 2.45) is 0 Å². The zero-order chi connectivity index (χ0) is 11.0. The van der Waals surface area contributed by atoms with Crippen molar-refractivity contribution in [3.05, 3.63) is 0 Å². The van der Waals surface area contributed by atoms with Gasteiger partial charge in [-0.1, -0.05) is 6.92 Å². The van der Waals surface area contributed by atoms with Gasteiger partial charge in [0.15, 0.2) is 0 Å². The lowest BCUT2D eigenvalue weighted by molar-refractivity contribution is -0.155. The zero-order valence-electron chi connectivity index (χ0n) is 7.79. The SMILES string of the molecule is CCC(COC(=O)CCl)OC(=O)CCl. The molecule has 0 aliphatic carbocycles. The predicted molar refractivity (Wildman–Crippen MR) is 52.6 cm³/mol. The van der Waals surface area contributed by atoms with Gasteiger partial charge in [0.2, 0.25) is 0 Å². The minimum atomic E-state index is -0.535. The van der Waals surface area contributed by atoms with Crippen LogP contribution in [-0.4, -0.2) is 36.4 Å². The topological polar surface area (TPSA) is 52.6 Å². The maximum Gasteiger partial charge on any atom is 0.321 e. The monoisotopic (exact) mass is 242 g/mol. The number of halogens is 2. The average molecular weight is 243 g/mol. The fourth-order valence-electron chi connectivity index (χ4n) is 0.677. The Morgan fingerprint density at radius 3 is 2.21 bits per heavy atom. The maximum absolute atomic E-state index is 10.8. The number of hydrogen-bond acceptors (Lipinski definition) is 4. The Hall–Kier alpha value is -0.480. The number of carbonyl (C=O) groups is 2. The van der Waals surface area contributed by atoms with Crippen LogP contribution in [0.2, 0.25) is 0 Å². The molecule has 0 aliphatic rings. The van der Waals surface area contributed by atoms with Crippen LogP contribution in [-0.2, 0) is 19.1 Å². The van der Waals surface area contributed by atoms with Crippen molar-refractivity contribution in [1.29, 1.82) is 0 Å². The molecule has 0 saturated carbocycles. The van der Waals surface area contributed by atoms with Crippen LogP contribution >= 0.6 is 23.2 Å². The quantitative estimate of drug-likeness (QED) is 0.521. The van der Waals surface area contributed by atoms with E-state index in [0.29, 0.717) is 6.42 Å². The fraction of sp³-hybridized carbons (Fsp3) is 0.750. The Morgan fingerprint density at radius 1 is 1.21 bits per heavy atom. The molecule has 6 heteroatoms. The van der Waals surface area contributed by atoms with E-state index in [1.807, 2.05) is 0 Å². The number of rotatable bonds is 6. The highest BCUT2D eigenvalue weighted by Gasteiger charge is 2.13. The number of hydrogen-bond donors (Lipinski definition) is 0. The van der Waals surface area contributed by atoms with Crippen LogP contribution in [0.5, 0.6) is 0 Å². The van der Waals surface area contributed by atoms with Gasteiger partial charge >= 0.3 is 11.9 Å². The third-order valence-electron chi connectivity index (χ3n) is 1.40. The van der Waals surface area contributed by atoms with Crippen LogP contribution in [0.25, 0.3) is 0 Å². The van der Waals surface area contributed by atoms with E-state index in [1.165, 1.54) is 0 Å². The van der Waals surface area contributed by atoms with Crippen LogP contribution in [0.1, 0.15) is 13.3 Å². The van der Waals surface area contributed by atoms with E-state index in [9.17, 15) is 9.59 Å². The normalized spacial score (nSPS) is 11.9. The lowest BCUT2D eigenvalue weighted by Gasteiger charge is -2.14. The summed E-state index contributed by atoms with van der Waals surface area (Å²) in [6, 6.07) is 0. The third kappa shape index (κ3) is 6.05. The molecule has 0 amide bonds. The van der Waals surface area contributed by atoms with Gasteiger partial charge in [0.05, 0.1) is 0 Å². The molecule has 0 saturated heterocycles. The molecule has 0 aromatic heterocycles. The lowest BCUT2D eigenvalue weighted by atomic mass is 10.3. The molecule has 0 spiro atoms. The summed E-state index contributed by atoms with van der Waals surface area (Å²) in [6.07, 6.45) is 0.103. The summed E-state index contributed by atoms with van der Waals surface area (Å²) in [5.41, 5.74) is 0. The largest absolute Gasteiger partial charge is 0.461 e. The highest BCUT2D eigenvalue weighted by molar-refractivity contribution is 6.26. The van der Waals surface area contributed by atoms with E-state index in [0.717, 1.165) is 0 Å². The molecule has 0 aromatic carbocycles. The van der Waals surface area contributed by atoms with E-state index in [4.69, 9.17) is 32.7 Å². The van der Waals surface area contributed by atoms with Crippen LogP contribution in [0, 0.1) is 0 Å². The smallest absolute Gasteiger partial charge is 0.321 e. The Labute approximate surface area is 92.5 Å². The standard InChI is InChI=1S/C8H12Cl2O4/c1-2-6(14-8(12)4-10)5-13-7(11)3-9/h6H,2-5H2,1H3. The lowest BCUT2D eigenvalue weighted by Crippen LogP contribution is -2.25. The summed E-state index contributed by atoms with van der Waals surface area (Å²) >= 11 is 10.4. The van der Waals surface area contributed by atoms with Gasteiger partial charge in [-0.05, 0) is 6.42 Å². The molecule has 0 aromatic rings. The summed E-state index contributed by atoms with van der Waals surface area (Å²) in [5, 5.41) is 0. The first-order valence-electron chi connectivity index (χ1n) is 4.11. The van der Waals surface area contributed by atoms with Gasteiger partial charge < -0.3 is 9.47 Å². The molecule has 0 heterocycles. The number of alkyl halides is 2. The second kappa shape index (κ2) is 7.88. The first kappa shape index (κ1) is 13.5. The number of ether oxygens (including phenoxy) is 2. The molecule has 0 N–H and O–H groups in total. The van der Waals surface area contributed by atoms with Crippen LogP contribution < -0.4 is 0 Å². The van der Waals surface area contributed by atoms with Crippen LogP contribution in [0.4, 0.5) is 0 Å². The summed E-state index contributed by atoms with van der Waals surface area (Å²) in [5.74, 6) is -1.48. The van der Waals surface area contributed by atoms with Gasteiger partial charge in [-0.3, -0.25) is 9.59 Å². The third-order valence-corrected chi connectivity index (χ3v) is 1.84. The van der Waals surface area contributed by atoms with E-state index < -0.39 is 18.0 Å². The molecular formula is C8H12Cl2O4. The first-order valence-corrected chi connectivity index (χ1v) is 5.18. The van der Waals surface area contributed by atoms with Crippen molar-refractivity contribution in [2.75, 3.05) is 18.4 Å². The van der Waals surface area contributed by atoms with Crippen LogP contribution in [0.3, 0.4) is 0 Å². The molecule has 0 bridgehead atoms. The van der Waals surface area contributed by atoms with Crippen molar-refractivity contribution >= 4 is 35.1 Å². The molecule has 82 valence electrons. The van der Waals surface area contributed by atoms with Gasteiger partial charge in [-0.2, -0.15) is 0 Å². The molecule has 1 unspecified atom stereocenters. The summed E-state index contributed by atoms with van der Waals surface area (Å²) in [4.78, 5) is 21.4. The Kier molecular flexibility index (Phi) is 7.61. The summed E-state index contributed by atoms with van der Waals surface area (Å²) < 4.78 is 9.55. The molecule has 0 fully saturated rings. The highest BCUT2D eigenvalue weighted by atomic mass is 35.5. The minimum Gasteiger partial charge on any atom is -0.461 e. The highest BCUT2D eigenvalue weighted by Crippen LogP contribution is 2.01. The van der Waals surface area contributed by atoms with Gasteiger partial charge in [0.25, 0.3) is 0 Å². The minimum absolute atomic E-state index is 0.0185. The fourth-order valence-corrected chi connectivity index (χ4v) is 0.817. The van der Waals surface area contributed by atoms with Gasteiger partial charge in [0.1, 0.15) is 24.5 Å². The van der Waals surface area contributed by atoms with Gasteiger partial charge in [0, 0.05) is 0 Å². The second-order valence-electron chi connectivity index (χ2n) is 2.47. The molecule has 14 heavy (non-hydrogen) atoms. The molecule has 0 aliphatic heterocycles. The van der Waals surface area contributed by atoms with E-state index in [2.05, 4.69) is 0 Å². The Morgan fingerprint density at radius 2 is 1.79 bits per heavy atom. The number of carbonyl (C=O) groups excluding carboxylic acids is 2. The van der Waals surface area contributed by atoms with E-state index in [-0.39, 0.29) is 18.4 Å². The summed E-state index contributed by atoms with van der Waals surface area (Å²) in [7, 11) is 0. The van der Waals surface area contributed by atoms with Crippen molar-refractivity contribution in [3.63, 3.8) is 0 Å². The zero-order valence-corrected chi connectivity index (χ0v) is 9.31. The Bertz CT molecular complexity index is 196. The predicted octanol–water partition coefficient (Wildman–Crippen LogP) is 1.33. The maximum atomic E-state index is 10.8. The van der Waals surface area contributed by atoms with Crippen molar-refractivity contribution in [1.82, 2.24) is 0 Å². The van der Waals surface area contributed by atoms with Gasteiger partial charge in [-0.15, -0.1) is 23.2 Å². The molecule has 0 radical (unpaired) electrons. The molecular weight excluding hydrogens is 231 g/mol. The number of esters is 2. The average Bonchev–Trinajstić information content (AvgIpc) is 2.22. The molecule has 0 rings (SSSR count). The van der Waals surface area contributed by atoms with Crippen molar-refractivity contribution in [2.45, 2.75) is 19.4 Å². The van der Waals surface area contributed by atoms with Crippen molar-refractivity contribution in [3.8, 4) is 0 Å². The van der Waals surface area contributed by atoms with Crippen LogP contribution in [0.15, 0.2) is 0 Å². The van der Waals surface area contributed by atoms with E-state index >= 15 is 0 Å². The molecule has 4 nitrogen and oxygen atoms in total. The second-order valence-corrected chi connectivity index (χ2v) is 3.00. The molecule has 1 atom stereocenters. The van der Waals surface area contributed by atoms with E-state index in [1.54, 1.807) is 6.92 Å². The first-order chi connectivity index (χ1) is 6.63.